The Morgan fingerprint density at radius 1 is 0.415 bits per heavy atom. The van der Waals surface area contributed by atoms with E-state index in [1.54, 1.807) is 0 Å². The Bertz CT molecular complexity index is 522. The lowest BCUT2D eigenvalue weighted by atomic mass is 9.91. The first-order valence-electron chi connectivity index (χ1n) is 19.0. The van der Waals surface area contributed by atoms with Crippen molar-refractivity contribution < 1.29 is 13.9 Å². The zero-order chi connectivity index (χ0) is 30.1. The van der Waals surface area contributed by atoms with Crippen molar-refractivity contribution in [2.75, 3.05) is 6.61 Å². The number of rotatable bonds is 34. The third-order valence-electron chi connectivity index (χ3n) is 8.95. The van der Waals surface area contributed by atoms with E-state index >= 15 is 4.39 Å². The SMILES string of the molecule is CCCCCCCCCCCCCOC(=O)C(F)(CCCCCCCCCC)CCCCCCCCCCCCC. The van der Waals surface area contributed by atoms with Crippen LogP contribution in [0.15, 0.2) is 0 Å². The van der Waals surface area contributed by atoms with Gasteiger partial charge in [0.15, 0.2) is 0 Å². The van der Waals surface area contributed by atoms with Crippen molar-refractivity contribution in [1.29, 1.82) is 0 Å². The second kappa shape index (κ2) is 32.3. The standard InChI is InChI=1S/C38H75FO2/c1-4-7-10-13-16-19-21-23-26-29-32-35-38(39,34-31-28-25-18-15-12-9-6-3)37(40)41-36-33-30-27-24-22-20-17-14-11-8-5-2/h4-36H2,1-3H3. The number of unbranched alkanes of at least 4 members (excludes halogenated alkanes) is 27. The first-order valence-corrected chi connectivity index (χ1v) is 19.0. The van der Waals surface area contributed by atoms with Gasteiger partial charge in [-0.15, -0.1) is 0 Å². The minimum absolute atomic E-state index is 0.344. The lowest BCUT2D eigenvalue weighted by molar-refractivity contribution is -0.159. The predicted octanol–water partition coefficient (Wildman–Crippen LogP) is 13.8. The summed E-state index contributed by atoms with van der Waals surface area (Å²) in [5.41, 5.74) is -1.78. The second-order valence-electron chi connectivity index (χ2n) is 13.1. The summed E-state index contributed by atoms with van der Waals surface area (Å²) in [5, 5.41) is 0. The van der Waals surface area contributed by atoms with Gasteiger partial charge in [0.05, 0.1) is 6.61 Å². The van der Waals surface area contributed by atoms with E-state index in [-0.39, 0.29) is 0 Å². The number of carbonyl (C=O) groups is 1. The van der Waals surface area contributed by atoms with Gasteiger partial charge in [0.25, 0.3) is 0 Å². The highest BCUT2D eigenvalue weighted by Gasteiger charge is 2.39. The number of halogens is 1. The van der Waals surface area contributed by atoms with Crippen molar-refractivity contribution in [3.05, 3.63) is 0 Å². The summed E-state index contributed by atoms with van der Waals surface area (Å²) in [7, 11) is 0. The molecule has 0 saturated carbocycles. The van der Waals surface area contributed by atoms with Gasteiger partial charge in [-0.2, -0.15) is 0 Å². The van der Waals surface area contributed by atoms with Gasteiger partial charge >= 0.3 is 5.97 Å². The molecule has 1 atom stereocenters. The topological polar surface area (TPSA) is 26.3 Å². The summed E-state index contributed by atoms with van der Waals surface area (Å²) >= 11 is 0. The van der Waals surface area contributed by atoms with Crippen molar-refractivity contribution in [2.24, 2.45) is 0 Å². The Morgan fingerprint density at radius 2 is 0.659 bits per heavy atom. The molecule has 0 rings (SSSR count). The molecular weight excluding hydrogens is 507 g/mol. The van der Waals surface area contributed by atoms with Crippen LogP contribution in [0.2, 0.25) is 0 Å². The quantitative estimate of drug-likeness (QED) is 0.0557. The number of esters is 1. The summed E-state index contributed by atoms with van der Waals surface area (Å²) < 4.78 is 21.5. The molecule has 0 aromatic heterocycles. The predicted molar refractivity (Wildman–Crippen MR) is 180 cm³/mol. The molecule has 1 unspecified atom stereocenters. The van der Waals surface area contributed by atoms with Crippen molar-refractivity contribution >= 4 is 5.97 Å². The average Bonchev–Trinajstić information content (AvgIpc) is 2.97. The summed E-state index contributed by atoms with van der Waals surface area (Å²) in [5.74, 6) is -0.570. The number of ether oxygens (including phenoxy) is 1. The summed E-state index contributed by atoms with van der Waals surface area (Å²) in [6.45, 7) is 7.16. The molecule has 0 spiro atoms. The van der Waals surface area contributed by atoms with Crippen molar-refractivity contribution in [1.82, 2.24) is 0 Å². The summed E-state index contributed by atoms with van der Waals surface area (Å²) in [6.07, 6.45) is 37.7. The first-order chi connectivity index (χ1) is 20.1. The van der Waals surface area contributed by atoms with E-state index in [1.807, 2.05) is 0 Å². The van der Waals surface area contributed by atoms with Crippen LogP contribution in [0.4, 0.5) is 4.39 Å². The van der Waals surface area contributed by atoms with Crippen LogP contribution in [-0.4, -0.2) is 18.2 Å². The molecule has 0 fully saturated rings. The molecule has 41 heavy (non-hydrogen) atoms. The fourth-order valence-corrected chi connectivity index (χ4v) is 6.00. The maximum atomic E-state index is 16.0. The van der Waals surface area contributed by atoms with Gasteiger partial charge < -0.3 is 4.74 Å². The first kappa shape index (κ1) is 40.4. The molecule has 246 valence electrons. The largest absolute Gasteiger partial charge is 0.463 e. The Balaban J connectivity index is 4.19. The zero-order valence-electron chi connectivity index (χ0n) is 28.5. The minimum atomic E-state index is -1.78. The van der Waals surface area contributed by atoms with Gasteiger partial charge in [-0.25, -0.2) is 9.18 Å². The molecular formula is C38H75FO2. The van der Waals surface area contributed by atoms with Gasteiger partial charge in [0.2, 0.25) is 5.67 Å². The van der Waals surface area contributed by atoms with Gasteiger partial charge in [-0.05, 0) is 32.1 Å². The van der Waals surface area contributed by atoms with E-state index in [0.29, 0.717) is 19.4 Å². The minimum Gasteiger partial charge on any atom is -0.463 e. The van der Waals surface area contributed by atoms with Crippen LogP contribution in [0.25, 0.3) is 0 Å². The van der Waals surface area contributed by atoms with E-state index in [2.05, 4.69) is 20.8 Å². The van der Waals surface area contributed by atoms with E-state index in [0.717, 1.165) is 51.4 Å². The summed E-state index contributed by atoms with van der Waals surface area (Å²) in [6, 6.07) is 0. The Labute approximate surface area is 258 Å². The third-order valence-corrected chi connectivity index (χ3v) is 8.95. The molecule has 0 aromatic rings. The molecule has 0 amide bonds. The average molecular weight is 583 g/mol. The number of alkyl halides is 1. The molecule has 0 saturated heterocycles. The smallest absolute Gasteiger partial charge is 0.343 e. The van der Waals surface area contributed by atoms with Gasteiger partial charge in [-0.1, -0.05) is 194 Å². The molecule has 0 aliphatic rings. The number of hydrogen-bond acceptors (Lipinski definition) is 2. The molecule has 0 heterocycles. The van der Waals surface area contributed by atoms with Gasteiger partial charge in [-0.3, -0.25) is 0 Å². The van der Waals surface area contributed by atoms with Crippen LogP contribution >= 0.6 is 0 Å². The van der Waals surface area contributed by atoms with Gasteiger partial charge in [0.1, 0.15) is 0 Å². The molecule has 0 radical (unpaired) electrons. The van der Waals surface area contributed by atoms with Crippen LogP contribution in [-0.2, 0) is 9.53 Å². The molecule has 0 aliphatic heterocycles. The maximum Gasteiger partial charge on any atom is 0.343 e. The highest BCUT2D eigenvalue weighted by molar-refractivity contribution is 5.79. The molecule has 0 aliphatic carbocycles. The molecule has 0 aromatic carbocycles. The van der Waals surface area contributed by atoms with Crippen molar-refractivity contribution in [3.63, 3.8) is 0 Å². The van der Waals surface area contributed by atoms with Crippen molar-refractivity contribution in [3.8, 4) is 0 Å². The number of carbonyl (C=O) groups excluding carboxylic acids is 1. The highest BCUT2D eigenvalue weighted by atomic mass is 19.1. The Hall–Kier alpha value is -0.600. The van der Waals surface area contributed by atoms with Crippen LogP contribution in [0.5, 0.6) is 0 Å². The highest BCUT2D eigenvalue weighted by Crippen LogP contribution is 2.29. The van der Waals surface area contributed by atoms with Crippen LogP contribution in [0, 0.1) is 0 Å². The monoisotopic (exact) mass is 583 g/mol. The summed E-state index contributed by atoms with van der Waals surface area (Å²) in [4.78, 5) is 12.9. The molecule has 2 nitrogen and oxygen atoms in total. The van der Waals surface area contributed by atoms with E-state index in [1.165, 1.54) is 141 Å². The van der Waals surface area contributed by atoms with Crippen molar-refractivity contribution in [2.45, 2.75) is 232 Å². The lowest BCUT2D eigenvalue weighted by Crippen LogP contribution is -2.36. The molecule has 0 N–H and O–H groups in total. The fourth-order valence-electron chi connectivity index (χ4n) is 6.00. The van der Waals surface area contributed by atoms with Crippen LogP contribution < -0.4 is 0 Å². The van der Waals surface area contributed by atoms with Gasteiger partial charge in [0, 0.05) is 0 Å². The van der Waals surface area contributed by atoms with E-state index in [4.69, 9.17) is 4.74 Å². The number of hydrogen-bond donors (Lipinski definition) is 0. The lowest BCUT2D eigenvalue weighted by Gasteiger charge is -2.23. The normalized spacial score (nSPS) is 13.0. The molecule has 3 heteroatoms. The maximum absolute atomic E-state index is 16.0. The fraction of sp³-hybridized carbons (Fsp3) is 0.974. The Kier molecular flexibility index (Phi) is 31.8. The van der Waals surface area contributed by atoms with E-state index < -0.39 is 11.6 Å². The van der Waals surface area contributed by atoms with Crippen LogP contribution in [0.3, 0.4) is 0 Å². The van der Waals surface area contributed by atoms with E-state index in [9.17, 15) is 4.79 Å². The zero-order valence-corrected chi connectivity index (χ0v) is 28.5. The third kappa shape index (κ3) is 28.0. The van der Waals surface area contributed by atoms with Crippen LogP contribution in [0.1, 0.15) is 226 Å². The Morgan fingerprint density at radius 3 is 0.951 bits per heavy atom. The molecule has 0 bridgehead atoms. The second-order valence-corrected chi connectivity index (χ2v) is 13.1.